The second-order valence-electron chi connectivity index (χ2n) is 8.25. The SMILES string of the molecule is C1=CC[C@H]([C@H]2NC3=NCN(Cc4ccccn4)CN3c3nc4ccccc4n32)CC1. The smallest absolute Gasteiger partial charge is 0.216 e. The number of pyridine rings is 1. The first-order chi connectivity index (χ1) is 14.9. The lowest BCUT2D eigenvalue weighted by molar-refractivity contribution is 0.241. The average Bonchev–Trinajstić information content (AvgIpc) is 3.20. The number of hydrogen-bond acceptors (Lipinski definition) is 6. The van der Waals surface area contributed by atoms with Crippen LogP contribution in [0.1, 0.15) is 31.1 Å². The third kappa shape index (κ3) is 2.97. The molecule has 30 heavy (non-hydrogen) atoms. The van der Waals surface area contributed by atoms with Crippen molar-refractivity contribution in [2.24, 2.45) is 10.9 Å². The molecule has 0 bridgehead atoms. The third-order valence-corrected chi connectivity index (χ3v) is 6.26. The predicted molar refractivity (Wildman–Crippen MR) is 118 cm³/mol. The Morgan fingerprint density at radius 3 is 2.87 bits per heavy atom. The molecule has 2 aliphatic heterocycles. The van der Waals surface area contributed by atoms with E-state index in [0.717, 1.165) is 49.2 Å². The van der Waals surface area contributed by atoms with Crippen molar-refractivity contribution in [3.05, 3.63) is 66.5 Å². The average molecular weight is 400 g/mol. The minimum absolute atomic E-state index is 0.176. The number of fused-ring (bicyclic) bond motifs is 5. The van der Waals surface area contributed by atoms with Crippen molar-refractivity contribution in [3.8, 4) is 0 Å². The maximum atomic E-state index is 5.03. The summed E-state index contributed by atoms with van der Waals surface area (Å²) in [5, 5.41) is 3.77. The van der Waals surface area contributed by atoms with Crippen molar-refractivity contribution in [2.75, 3.05) is 18.2 Å². The molecule has 0 fully saturated rings. The first-order valence-corrected chi connectivity index (χ1v) is 10.7. The monoisotopic (exact) mass is 399 g/mol. The van der Waals surface area contributed by atoms with Gasteiger partial charge < -0.3 is 5.32 Å². The molecule has 0 radical (unpaired) electrons. The molecule has 1 N–H and O–H groups in total. The summed E-state index contributed by atoms with van der Waals surface area (Å²) in [5.41, 5.74) is 3.27. The molecule has 3 aromatic rings. The highest BCUT2D eigenvalue weighted by Crippen LogP contribution is 2.37. The molecule has 1 aromatic carbocycles. The lowest BCUT2D eigenvalue weighted by Gasteiger charge is -2.44. The van der Waals surface area contributed by atoms with Crippen LogP contribution in [0.25, 0.3) is 11.0 Å². The van der Waals surface area contributed by atoms with E-state index in [0.29, 0.717) is 12.6 Å². The Balaban J connectivity index is 1.38. The highest BCUT2D eigenvalue weighted by atomic mass is 15.5. The van der Waals surface area contributed by atoms with Gasteiger partial charge in [0.15, 0.2) is 0 Å². The van der Waals surface area contributed by atoms with Crippen molar-refractivity contribution in [3.63, 3.8) is 0 Å². The number of rotatable bonds is 3. The van der Waals surface area contributed by atoms with Gasteiger partial charge in [0.1, 0.15) is 6.17 Å². The fourth-order valence-electron chi connectivity index (χ4n) is 4.79. The number of guanidine groups is 1. The van der Waals surface area contributed by atoms with Gasteiger partial charge in [-0.3, -0.25) is 19.4 Å². The molecule has 4 heterocycles. The summed E-state index contributed by atoms with van der Waals surface area (Å²) in [5.74, 6) is 2.45. The van der Waals surface area contributed by atoms with Gasteiger partial charge in [0.2, 0.25) is 11.9 Å². The topological polar surface area (TPSA) is 61.6 Å². The molecule has 2 atom stereocenters. The molecule has 7 nitrogen and oxygen atoms in total. The molecule has 0 saturated heterocycles. The van der Waals surface area contributed by atoms with Crippen molar-refractivity contribution in [2.45, 2.75) is 32.0 Å². The van der Waals surface area contributed by atoms with Gasteiger partial charge in [-0.25, -0.2) is 9.98 Å². The van der Waals surface area contributed by atoms with Crippen molar-refractivity contribution in [1.82, 2.24) is 24.8 Å². The number of anilines is 1. The van der Waals surface area contributed by atoms with E-state index >= 15 is 0 Å². The lowest BCUT2D eigenvalue weighted by atomic mass is 9.91. The minimum Gasteiger partial charge on any atom is -0.335 e. The Kier molecular flexibility index (Phi) is 4.27. The standard InChI is InChI=1S/C23H25N7/c1-2-8-17(9-3-1)21-27-22-25-15-28(14-18-10-6-7-13-24-18)16-29(22)23-26-19-11-4-5-12-20(19)30(21)23/h1-2,4-7,10-13,17,21H,3,8-9,14-16H2,(H,25,27)/t17-,21-/m0/s1. The van der Waals surface area contributed by atoms with Gasteiger partial charge >= 0.3 is 0 Å². The molecule has 0 saturated carbocycles. The summed E-state index contributed by atoms with van der Waals surface area (Å²) in [7, 11) is 0. The number of aliphatic imine (C=N–C) groups is 1. The van der Waals surface area contributed by atoms with Crippen LogP contribution in [0.3, 0.4) is 0 Å². The quantitative estimate of drug-likeness (QED) is 0.683. The fourth-order valence-corrected chi connectivity index (χ4v) is 4.79. The van der Waals surface area contributed by atoms with Crippen LogP contribution in [0.2, 0.25) is 0 Å². The largest absolute Gasteiger partial charge is 0.335 e. The number of nitrogens with one attached hydrogen (secondary N) is 1. The molecule has 0 spiro atoms. The van der Waals surface area contributed by atoms with E-state index in [1.54, 1.807) is 0 Å². The Hall–Kier alpha value is -3.19. The lowest BCUT2D eigenvalue weighted by Crippen LogP contribution is -2.58. The number of imidazole rings is 1. The van der Waals surface area contributed by atoms with Gasteiger partial charge in [-0.05, 0) is 43.5 Å². The van der Waals surface area contributed by atoms with E-state index in [1.165, 1.54) is 11.9 Å². The van der Waals surface area contributed by atoms with Crippen LogP contribution in [0.15, 0.2) is 65.8 Å². The van der Waals surface area contributed by atoms with Gasteiger partial charge in [0, 0.05) is 18.7 Å². The molecular weight excluding hydrogens is 374 g/mol. The normalized spacial score (nSPS) is 23.6. The Labute approximate surface area is 175 Å². The molecule has 7 heteroatoms. The Morgan fingerprint density at radius 1 is 1.07 bits per heavy atom. The first kappa shape index (κ1) is 17.7. The number of para-hydroxylation sites is 2. The number of aromatic nitrogens is 3. The van der Waals surface area contributed by atoms with E-state index < -0.39 is 0 Å². The van der Waals surface area contributed by atoms with Gasteiger partial charge in [-0.2, -0.15) is 0 Å². The minimum atomic E-state index is 0.176. The van der Waals surface area contributed by atoms with Gasteiger partial charge in [-0.15, -0.1) is 0 Å². The number of hydrogen-bond donors (Lipinski definition) is 1. The van der Waals surface area contributed by atoms with Crippen LogP contribution in [-0.4, -0.2) is 38.7 Å². The maximum Gasteiger partial charge on any atom is 0.216 e. The maximum absolute atomic E-state index is 5.03. The van der Waals surface area contributed by atoms with Crippen molar-refractivity contribution >= 4 is 22.9 Å². The van der Waals surface area contributed by atoms with Crippen molar-refractivity contribution < 1.29 is 0 Å². The summed E-state index contributed by atoms with van der Waals surface area (Å²) < 4.78 is 2.39. The van der Waals surface area contributed by atoms with Crippen LogP contribution in [0.5, 0.6) is 0 Å². The summed E-state index contributed by atoms with van der Waals surface area (Å²) in [6.45, 7) is 2.17. The highest BCUT2D eigenvalue weighted by molar-refractivity contribution is 5.98. The van der Waals surface area contributed by atoms with E-state index in [9.17, 15) is 0 Å². The number of allylic oxidation sites excluding steroid dienone is 2. The Bertz CT molecular complexity index is 1120. The molecule has 0 unspecified atom stereocenters. The summed E-state index contributed by atoms with van der Waals surface area (Å²) in [4.78, 5) is 18.9. The first-order valence-electron chi connectivity index (χ1n) is 10.7. The number of benzene rings is 1. The van der Waals surface area contributed by atoms with Gasteiger partial charge in [0.05, 0.1) is 30.1 Å². The van der Waals surface area contributed by atoms with Crippen LogP contribution < -0.4 is 10.2 Å². The number of nitrogens with zero attached hydrogens (tertiary/aromatic N) is 6. The molecule has 2 aromatic heterocycles. The van der Waals surface area contributed by atoms with E-state index in [4.69, 9.17) is 9.98 Å². The van der Waals surface area contributed by atoms with Gasteiger partial charge in [-0.1, -0.05) is 30.4 Å². The second kappa shape index (κ2) is 7.25. The fraction of sp³-hybridized carbons (Fsp3) is 0.348. The summed E-state index contributed by atoms with van der Waals surface area (Å²) in [6, 6.07) is 14.5. The van der Waals surface area contributed by atoms with E-state index in [-0.39, 0.29) is 6.17 Å². The van der Waals surface area contributed by atoms with Gasteiger partial charge in [0.25, 0.3) is 0 Å². The van der Waals surface area contributed by atoms with Crippen LogP contribution >= 0.6 is 0 Å². The van der Waals surface area contributed by atoms with Crippen LogP contribution in [-0.2, 0) is 6.54 Å². The van der Waals surface area contributed by atoms with Crippen LogP contribution in [0.4, 0.5) is 5.95 Å². The zero-order valence-electron chi connectivity index (χ0n) is 16.9. The third-order valence-electron chi connectivity index (χ3n) is 6.26. The molecule has 152 valence electrons. The predicted octanol–water partition coefficient (Wildman–Crippen LogP) is 3.48. The Morgan fingerprint density at radius 2 is 2.00 bits per heavy atom. The highest BCUT2D eigenvalue weighted by Gasteiger charge is 2.38. The van der Waals surface area contributed by atoms with Crippen LogP contribution in [0, 0.1) is 5.92 Å². The molecule has 6 rings (SSSR count). The second-order valence-corrected chi connectivity index (χ2v) is 8.25. The molecule has 0 amide bonds. The molecule has 3 aliphatic rings. The molecular formula is C23H25N7. The van der Waals surface area contributed by atoms with E-state index in [1.807, 2.05) is 18.3 Å². The van der Waals surface area contributed by atoms with E-state index in [2.05, 4.69) is 67.2 Å². The summed E-state index contributed by atoms with van der Waals surface area (Å²) >= 11 is 0. The zero-order valence-corrected chi connectivity index (χ0v) is 16.9. The summed E-state index contributed by atoms with van der Waals surface area (Å²) in [6.07, 6.45) is 10.0. The zero-order chi connectivity index (χ0) is 19.9. The van der Waals surface area contributed by atoms with Crippen molar-refractivity contribution in [1.29, 1.82) is 0 Å². The molecule has 1 aliphatic carbocycles.